The number of rotatable bonds is 8. The molecule has 7 aliphatic rings. The molecule has 36 heavy (non-hydrogen) atoms. The number of anilines is 2. The first-order valence-corrected chi connectivity index (χ1v) is 13.9. The molecular formula is C30H36N4O2. The summed E-state index contributed by atoms with van der Waals surface area (Å²) in [6.45, 7) is 10.4. The van der Waals surface area contributed by atoms with Crippen molar-refractivity contribution in [1.82, 2.24) is 9.88 Å². The van der Waals surface area contributed by atoms with Gasteiger partial charge in [-0.3, -0.25) is 14.6 Å². The Bertz CT molecular complexity index is 1170. The van der Waals surface area contributed by atoms with Crippen LogP contribution in [0.15, 0.2) is 48.7 Å². The van der Waals surface area contributed by atoms with Gasteiger partial charge in [0, 0.05) is 45.5 Å². The molecule has 1 aromatic carbocycles. The Labute approximate surface area is 213 Å². The summed E-state index contributed by atoms with van der Waals surface area (Å²) in [6, 6.07) is 14.3. The molecular weight excluding hydrogens is 448 g/mol. The van der Waals surface area contributed by atoms with Crippen LogP contribution in [0.2, 0.25) is 0 Å². The summed E-state index contributed by atoms with van der Waals surface area (Å²) < 4.78 is 5.58. The molecule has 0 atom stereocenters. The van der Waals surface area contributed by atoms with E-state index in [0.717, 1.165) is 74.5 Å². The molecule has 0 N–H and O–H groups in total. The zero-order valence-corrected chi connectivity index (χ0v) is 21.5. The second-order valence-electron chi connectivity index (χ2n) is 12.4. The van der Waals surface area contributed by atoms with E-state index in [1.807, 2.05) is 36.5 Å². The van der Waals surface area contributed by atoms with Crippen molar-refractivity contribution < 1.29 is 9.53 Å². The molecule has 2 heterocycles. The van der Waals surface area contributed by atoms with E-state index in [4.69, 9.17) is 4.74 Å². The SMILES string of the molecule is COc1ccccc1N1CCN(CCN(C(=O)C23C4C5C2C2C3C4C52C(C)C)c2ccccn2)CC1. The van der Waals surface area contributed by atoms with Crippen LogP contribution in [0.5, 0.6) is 5.75 Å². The van der Waals surface area contributed by atoms with Gasteiger partial charge in [-0.1, -0.05) is 32.0 Å². The van der Waals surface area contributed by atoms with Crippen LogP contribution in [0.4, 0.5) is 11.5 Å². The molecule has 0 spiro atoms. The Kier molecular flexibility index (Phi) is 4.20. The van der Waals surface area contributed by atoms with Crippen molar-refractivity contribution in [3.05, 3.63) is 48.7 Å². The quantitative estimate of drug-likeness (QED) is 0.573. The van der Waals surface area contributed by atoms with E-state index < -0.39 is 0 Å². The number of hydrogen-bond donors (Lipinski definition) is 0. The summed E-state index contributed by atoms with van der Waals surface area (Å²) >= 11 is 0. The summed E-state index contributed by atoms with van der Waals surface area (Å²) in [5.74, 6) is 7.58. The third kappa shape index (κ3) is 2.11. The molecule has 1 saturated heterocycles. The van der Waals surface area contributed by atoms with Gasteiger partial charge in [0.05, 0.1) is 18.2 Å². The van der Waals surface area contributed by atoms with E-state index in [-0.39, 0.29) is 5.41 Å². The number of carbonyl (C=O) groups is 1. The predicted molar refractivity (Wildman–Crippen MR) is 139 cm³/mol. The summed E-state index contributed by atoms with van der Waals surface area (Å²) in [7, 11) is 1.74. The molecule has 0 radical (unpaired) electrons. The highest BCUT2D eigenvalue weighted by Gasteiger charge is 3.11. The van der Waals surface area contributed by atoms with Gasteiger partial charge in [0.25, 0.3) is 0 Å². The van der Waals surface area contributed by atoms with Gasteiger partial charge in [0.2, 0.25) is 5.91 Å². The van der Waals surface area contributed by atoms with Gasteiger partial charge in [0.1, 0.15) is 11.6 Å². The lowest BCUT2D eigenvalue weighted by Gasteiger charge is -3.11. The third-order valence-corrected chi connectivity index (χ3v) is 11.7. The van der Waals surface area contributed by atoms with Gasteiger partial charge in [-0.25, -0.2) is 4.98 Å². The van der Waals surface area contributed by atoms with Crippen LogP contribution in [0, 0.1) is 52.3 Å². The molecule has 6 nitrogen and oxygen atoms in total. The minimum Gasteiger partial charge on any atom is -0.495 e. The van der Waals surface area contributed by atoms with Gasteiger partial charge in [-0.15, -0.1) is 0 Å². The highest BCUT2D eigenvalue weighted by Crippen LogP contribution is 3.11. The first kappa shape index (κ1) is 21.5. The Morgan fingerprint density at radius 2 is 1.67 bits per heavy atom. The Morgan fingerprint density at radius 3 is 2.28 bits per heavy atom. The number of carbonyl (C=O) groups excluding carboxylic acids is 1. The van der Waals surface area contributed by atoms with E-state index in [9.17, 15) is 4.79 Å². The highest BCUT2D eigenvalue weighted by atomic mass is 16.5. The predicted octanol–water partition coefficient (Wildman–Crippen LogP) is 3.64. The van der Waals surface area contributed by atoms with Gasteiger partial charge in [0.15, 0.2) is 0 Å². The van der Waals surface area contributed by atoms with Crippen LogP contribution < -0.4 is 14.5 Å². The number of ether oxygens (including phenoxy) is 1. The number of nitrogens with zero attached hydrogens (tertiary/aromatic N) is 4. The van der Waals surface area contributed by atoms with Crippen LogP contribution >= 0.6 is 0 Å². The minimum absolute atomic E-state index is 0.0171. The van der Waals surface area contributed by atoms with Crippen molar-refractivity contribution in [3.8, 4) is 5.75 Å². The van der Waals surface area contributed by atoms with E-state index in [1.54, 1.807) is 7.11 Å². The lowest BCUT2D eigenvalue weighted by Crippen LogP contribution is -3.12. The smallest absolute Gasteiger partial charge is 0.235 e. The fraction of sp³-hybridized carbons (Fsp3) is 0.600. The summed E-state index contributed by atoms with van der Waals surface area (Å²) in [4.78, 5) is 25.8. The molecule has 2 aromatic rings. The fourth-order valence-electron chi connectivity index (χ4n) is 10.6. The molecule has 7 fully saturated rings. The van der Waals surface area contributed by atoms with Crippen LogP contribution in [-0.4, -0.2) is 62.2 Å². The Balaban J connectivity index is 0.958. The number of para-hydroxylation sites is 2. The topological polar surface area (TPSA) is 48.9 Å². The molecule has 9 rings (SSSR count). The van der Waals surface area contributed by atoms with Crippen LogP contribution in [0.3, 0.4) is 0 Å². The molecule has 188 valence electrons. The van der Waals surface area contributed by atoms with Crippen molar-refractivity contribution in [3.63, 3.8) is 0 Å². The van der Waals surface area contributed by atoms with Crippen molar-refractivity contribution in [2.24, 2.45) is 52.3 Å². The molecule has 1 amide bonds. The van der Waals surface area contributed by atoms with Gasteiger partial charge >= 0.3 is 0 Å². The zero-order chi connectivity index (χ0) is 24.4. The molecule has 6 heteroatoms. The first-order chi connectivity index (χ1) is 17.6. The first-order valence-electron chi connectivity index (χ1n) is 13.9. The van der Waals surface area contributed by atoms with Gasteiger partial charge in [-0.05, 0) is 71.1 Å². The molecule has 1 aliphatic heterocycles. The largest absolute Gasteiger partial charge is 0.495 e. The molecule has 0 unspecified atom stereocenters. The fourth-order valence-corrected chi connectivity index (χ4v) is 10.6. The van der Waals surface area contributed by atoms with Gasteiger partial charge < -0.3 is 9.64 Å². The van der Waals surface area contributed by atoms with Crippen molar-refractivity contribution >= 4 is 17.4 Å². The Morgan fingerprint density at radius 1 is 1.00 bits per heavy atom. The van der Waals surface area contributed by atoms with Crippen molar-refractivity contribution in [1.29, 1.82) is 0 Å². The zero-order valence-electron chi connectivity index (χ0n) is 21.5. The number of pyridine rings is 1. The second kappa shape index (κ2) is 7.03. The lowest BCUT2D eigenvalue weighted by atomic mass is 8.91. The number of piperazine rings is 1. The lowest BCUT2D eigenvalue weighted by molar-refractivity contribution is -0.649. The number of benzene rings is 1. The van der Waals surface area contributed by atoms with E-state index in [1.165, 1.54) is 5.69 Å². The maximum absolute atomic E-state index is 14.2. The van der Waals surface area contributed by atoms with Crippen LogP contribution in [-0.2, 0) is 4.79 Å². The van der Waals surface area contributed by atoms with Crippen molar-refractivity contribution in [2.45, 2.75) is 13.8 Å². The summed E-state index contributed by atoms with van der Waals surface area (Å²) in [6.07, 6.45) is 1.83. The third-order valence-electron chi connectivity index (χ3n) is 11.7. The number of aromatic nitrogens is 1. The standard InChI is InChI=1S/C30H36N4O2/c1-18(2)29-22-25-23(29)27-24(29)26(22)30(25,27)28(35)34(21-10-6-7-11-31-21)17-14-32-12-15-33(16-13-32)19-8-4-5-9-20(19)36-3/h4-11,18,22-27H,12-17H2,1-3H3. The molecule has 6 saturated carbocycles. The summed E-state index contributed by atoms with van der Waals surface area (Å²) in [5.41, 5.74) is 1.79. The monoisotopic (exact) mass is 484 g/mol. The van der Waals surface area contributed by atoms with E-state index in [2.05, 4.69) is 45.7 Å². The number of hydrogen-bond acceptors (Lipinski definition) is 5. The molecule has 0 bridgehead atoms. The maximum atomic E-state index is 14.2. The summed E-state index contributed by atoms with van der Waals surface area (Å²) in [5, 5.41) is 0. The molecule has 1 aromatic heterocycles. The van der Waals surface area contributed by atoms with Crippen LogP contribution in [0.25, 0.3) is 0 Å². The van der Waals surface area contributed by atoms with E-state index in [0.29, 0.717) is 29.1 Å². The Hall–Kier alpha value is -2.60. The average molecular weight is 485 g/mol. The minimum atomic E-state index is -0.0171. The number of methoxy groups -OCH3 is 1. The van der Waals surface area contributed by atoms with Gasteiger partial charge in [-0.2, -0.15) is 0 Å². The number of amides is 1. The highest BCUT2D eigenvalue weighted by molar-refractivity contribution is 6.02. The average Bonchev–Trinajstić information content (AvgIpc) is 2.93. The molecule has 6 aliphatic carbocycles. The van der Waals surface area contributed by atoms with Crippen molar-refractivity contribution in [2.75, 3.05) is 56.2 Å². The van der Waals surface area contributed by atoms with E-state index >= 15 is 0 Å². The normalized spacial score (nSPS) is 40.3. The second-order valence-corrected chi connectivity index (χ2v) is 12.4. The van der Waals surface area contributed by atoms with Crippen LogP contribution in [0.1, 0.15) is 13.8 Å². The maximum Gasteiger partial charge on any atom is 0.235 e.